The van der Waals surface area contributed by atoms with Crippen molar-refractivity contribution in [2.45, 2.75) is 19.9 Å². The van der Waals surface area contributed by atoms with Crippen molar-refractivity contribution in [3.63, 3.8) is 0 Å². The van der Waals surface area contributed by atoms with E-state index < -0.39 is 11.9 Å². The molecule has 3 rings (SSSR count). The third-order valence-electron chi connectivity index (χ3n) is 4.51. The van der Waals surface area contributed by atoms with Gasteiger partial charge in [0, 0.05) is 35.9 Å². The van der Waals surface area contributed by atoms with Gasteiger partial charge < -0.3 is 19.6 Å². The largest absolute Gasteiger partial charge is 0.360 e. The molecule has 0 bridgehead atoms. The van der Waals surface area contributed by atoms with Crippen LogP contribution in [0.1, 0.15) is 24.3 Å². The first-order chi connectivity index (χ1) is 12.7. The van der Waals surface area contributed by atoms with E-state index in [0.717, 1.165) is 0 Å². The molecule has 2 aromatic rings. The Kier molecular flexibility index (Phi) is 5.17. The Bertz CT molecular complexity index is 954. The number of aryl methyl sites for hydroxylation is 1. The molecule has 7 nitrogen and oxygen atoms in total. The van der Waals surface area contributed by atoms with Gasteiger partial charge in [0.15, 0.2) is 5.82 Å². The van der Waals surface area contributed by atoms with Crippen LogP contribution in [0.2, 0.25) is 10.0 Å². The Morgan fingerprint density at radius 2 is 1.93 bits per heavy atom. The summed E-state index contributed by atoms with van der Waals surface area (Å²) in [6, 6.07) is 5.65. The predicted molar refractivity (Wildman–Crippen MR) is 103 cm³/mol. The maximum Gasteiger partial charge on any atom is 0.324 e. The highest BCUT2D eigenvalue weighted by Gasteiger charge is 2.39. The van der Waals surface area contributed by atoms with Crippen LogP contribution in [0.5, 0.6) is 0 Å². The van der Waals surface area contributed by atoms with Crippen LogP contribution >= 0.6 is 23.2 Å². The van der Waals surface area contributed by atoms with Crippen molar-refractivity contribution < 1.29 is 14.1 Å². The molecule has 0 saturated carbocycles. The quantitative estimate of drug-likeness (QED) is 0.823. The number of rotatable bonds is 3. The van der Waals surface area contributed by atoms with Crippen LogP contribution in [0.15, 0.2) is 40.1 Å². The van der Waals surface area contributed by atoms with Gasteiger partial charge in [-0.2, -0.15) is 0 Å². The minimum Gasteiger partial charge on any atom is -0.360 e. The second-order valence-electron chi connectivity index (χ2n) is 6.30. The Hall–Kier alpha value is -2.51. The van der Waals surface area contributed by atoms with Crippen molar-refractivity contribution in [3.05, 3.63) is 56.9 Å². The van der Waals surface area contributed by atoms with Crippen molar-refractivity contribution in [2.75, 3.05) is 19.4 Å². The minimum absolute atomic E-state index is 0.252. The molecule has 1 aromatic carbocycles. The lowest BCUT2D eigenvalue weighted by molar-refractivity contribution is -0.113. The zero-order chi connectivity index (χ0) is 19.9. The first-order valence-corrected chi connectivity index (χ1v) is 8.87. The number of halogens is 2. The van der Waals surface area contributed by atoms with Crippen molar-refractivity contribution in [3.8, 4) is 0 Å². The van der Waals surface area contributed by atoms with Gasteiger partial charge >= 0.3 is 6.03 Å². The Balaban J connectivity index is 2.09. The van der Waals surface area contributed by atoms with Gasteiger partial charge in [-0.15, -0.1) is 0 Å². The van der Waals surface area contributed by atoms with Crippen LogP contribution in [0.25, 0.3) is 0 Å². The summed E-state index contributed by atoms with van der Waals surface area (Å²) >= 11 is 12.4. The third kappa shape index (κ3) is 3.52. The summed E-state index contributed by atoms with van der Waals surface area (Å²) in [6.07, 6.45) is 0. The molecular formula is C18H18Cl2N4O3. The van der Waals surface area contributed by atoms with E-state index in [1.165, 1.54) is 9.80 Å². The number of urea groups is 1. The normalized spacial score (nSPS) is 17.6. The summed E-state index contributed by atoms with van der Waals surface area (Å²) < 4.78 is 4.99. The van der Waals surface area contributed by atoms with E-state index in [0.29, 0.717) is 38.5 Å². The summed E-state index contributed by atoms with van der Waals surface area (Å²) in [6.45, 7) is 3.44. The number of aromatic nitrogens is 1. The molecule has 27 heavy (non-hydrogen) atoms. The number of nitrogens with zero attached hydrogens (tertiary/aromatic N) is 3. The number of benzene rings is 1. The Morgan fingerprint density at radius 1 is 1.22 bits per heavy atom. The average Bonchev–Trinajstić information content (AvgIpc) is 3.01. The highest BCUT2D eigenvalue weighted by atomic mass is 35.5. The lowest BCUT2D eigenvalue weighted by Gasteiger charge is -2.40. The van der Waals surface area contributed by atoms with Crippen LogP contribution in [0, 0.1) is 6.92 Å². The molecule has 0 radical (unpaired) electrons. The fraction of sp³-hybridized carbons (Fsp3) is 0.278. The number of hydrogen-bond acceptors (Lipinski definition) is 4. The van der Waals surface area contributed by atoms with E-state index in [1.54, 1.807) is 52.2 Å². The number of carbonyl (C=O) groups is 2. The molecule has 0 unspecified atom stereocenters. The van der Waals surface area contributed by atoms with Crippen molar-refractivity contribution in [1.82, 2.24) is 15.0 Å². The van der Waals surface area contributed by atoms with E-state index >= 15 is 0 Å². The SMILES string of the molecule is CC1=C(C(=O)Nc2cc(C)on2)[C@H](c2ccc(Cl)cc2Cl)N(C)C(=O)N1C. The number of amides is 3. The molecule has 1 aliphatic rings. The van der Waals surface area contributed by atoms with Crippen LogP contribution < -0.4 is 5.32 Å². The maximum absolute atomic E-state index is 13.1. The lowest BCUT2D eigenvalue weighted by Crippen LogP contribution is -2.47. The van der Waals surface area contributed by atoms with Gasteiger partial charge in [-0.3, -0.25) is 4.79 Å². The predicted octanol–water partition coefficient (Wildman–Crippen LogP) is 4.24. The van der Waals surface area contributed by atoms with Gasteiger partial charge in [0.1, 0.15) is 5.76 Å². The molecule has 9 heteroatoms. The molecule has 0 spiro atoms. The minimum atomic E-state index is -0.675. The molecule has 1 atom stereocenters. The van der Waals surface area contributed by atoms with Crippen molar-refractivity contribution in [1.29, 1.82) is 0 Å². The molecular weight excluding hydrogens is 391 g/mol. The summed E-state index contributed by atoms with van der Waals surface area (Å²) in [4.78, 5) is 28.6. The second kappa shape index (κ2) is 7.25. The highest BCUT2D eigenvalue weighted by molar-refractivity contribution is 6.35. The lowest BCUT2D eigenvalue weighted by atomic mass is 9.93. The van der Waals surface area contributed by atoms with Gasteiger partial charge in [-0.05, 0) is 31.5 Å². The molecule has 0 aliphatic carbocycles. The van der Waals surface area contributed by atoms with E-state index in [9.17, 15) is 9.59 Å². The molecule has 1 N–H and O–H groups in total. The standard InChI is InChI=1S/C18H18Cl2N4O3/c1-9-7-14(22-27-9)21-17(25)15-10(2)23(3)18(26)24(4)16(15)12-6-5-11(19)8-13(12)20/h5-8,16H,1-4H3,(H,21,22,25)/t16-/m0/s1. The number of nitrogens with one attached hydrogen (secondary N) is 1. The number of anilines is 1. The molecule has 1 aliphatic heterocycles. The highest BCUT2D eigenvalue weighted by Crippen LogP contribution is 2.39. The van der Waals surface area contributed by atoms with E-state index in [4.69, 9.17) is 27.7 Å². The summed E-state index contributed by atoms with van der Waals surface area (Å²) in [5, 5.41) is 7.34. The Morgan fingerprint density at radius 3 is 2.52 bits per heavy atom. The Labute approximate surface area is 166 Å². The number of likely N-dealkylation sites (N-methyl/N-ethyl adjacent to an activating group) is 1. The van der Waals surface area contributed by atoms with Crippen molar-refractivity contribution in [2.24, 2.45) is 0 Å². The number of allylic oxidation sites excluding steroid dienone is 1. The zero-order valence-corrected chi connectivity index (χ0v) is 16.7. The van der Waals surface area contributed by atoms with Crippen LogP contribution in [0.3, 0.4) is 0 Å². The van der Waals surface area contributed by atoms with Gasteiger partial charge in [-0.25, -0.2) is 4.79 Å². The fourth-order valence-electron chi connectivity index (χ4n) is 3.05. The molecule has 0 fully saturated rings. The van der Waals surface area contributed by atoms with Gasteiger partial charge in [0.05, 0.1) is 11.6 Å². The van der Waals surface area contributed by atoms with Crippen LogP contribution in [-0.2, 0) is 4.79 Å². The van der Waals surface area contributed by atoms with Gasteiger partial charge in [-0.1, -0.05) is 34.4 Å². The molecule has 0 saturated heterocycles. The van der Waals surface area contributed by atoms with Gasteiger partial charge in [0.2, 0.25) is 0 Å². The molecule has 3 amide bonds. The second-order valence-corrected chi connectivity index (χ2v) is 7.14. The summed E-state index contributed by atoms with van der Waals surface area (Å²) in [7, 11) is 3.23. The first-order valence-electron chi connectivity index (χ1n) is 8.11. The summed E-state index contributed by atoms with van der Waals surface area (Å²) in [5.41, 5.74) is 1.50. The van der Waals surface area contributed by atoms with Crippen LogP contribution in [0.4, 0.5) is 10.6 Å². The average molecular weight is 409 g/mol. The fourth-order valence-corrected chi connectivity index (χ4v) is 3.56. The van der Waals surface area contributed by atoms with Gasteiger partial charge in [0.25, 0.3) is 5.91 Å². The molecule has 2 heterocycles. The topological polar surface area (TPSA) is 78.7 Å². The zero-order valence-electron chi connectivity index (χ0n) is 15.2. The maximum atomic E-state index is 13.1. The number of carbonyl (C=O) groups excluding carboxylic acids is 2. The third-order valence-corrected chi connectivity index (χ3v) is 5.08. The van der Waals surface area contributed by atoms with Crippen LogP contribution in [-0.4, -0.2) is 41.0 Å². The van der Waals surface area contributed by atoms with E-state index in [-0.39, 0.29) is 6.03 Å². The number of hydrogen-bond donors (Lipinski definition) is 1. The molecule has 1 aromatic heterocycles. The van der Waals surface area contributed by atoms with E-state index in [2.05, 4.69) is 10.5 Å². The molecule has 142 valence electrons. The smallest absolute Gasteiger partial charge is 0.324 e. The van der Waals surface area contributed by atoms with Crippen molar-refractivity contribution >= 4 is 41.0 Å². The van der Waals surface area contributed by atoms with E-state index in [1.807, 2.05) is 0 Å². The summed E-state index contributed by atoms with van der Waals surface area (Å²) in [5.74, 6) is 0.463. The first kappa shape index (κ1) is 19.3. The monoisotopic (exact) mass is 408 g/mol.